The molecule has 4 nitrogen and oxygen atoms in total. The van der Waals surface area contributed by atoms with Crippen LogP contribution in [-0.2, 0) is 6.54 Å². The van der Waals surface area contributed by atoms with Crippen molar-refractivity contribution in [2.45, 2.75) is 44.4 Å². The van der Waals surface area contributed by atoms with E-state index in [2.05, 4.69) is 5.32 Å². The molecule has 1 saturated carbocycles. The summed E-state index contributed by atoms with van der Waals surface area (Å²) in [6.07, 6.45) is 4.56. The fourth-order valence-electron chi connectivity index (χ4n) is 3.92. The van der Waals surface area contributed by atoms with Gasteiger partial charge < -0.3 is 15.0 Å². The van der Waals surface area contributed by atoms with Crippen LogP contribution in [0.3, 0.4) is 0 Å². The zero-order valence-electron chi connectivity index (χ0n) is 15.1. The summed E-state index contributed by atoms with van der Waals surface area (Å²) in [5, 5.41) is 13.4. The third-order valence-corrected chi connectivity index (χ3v) is 5.34. The van der Waals surface area contributed by atoms with Crippen molar-refractivity contribution in [3.8, 4) is 0 Å². The van der Waals surface area contributed by atoms with E-state index in [4.69, 9.17) is 0 Å². The van der Waals surface area contributed by atoms with Gasteiger partial charge in [0.2, 0.25) is 0 Å². The van der Waals surface area contributed by atoms with Crippen LogP contribution >= 0.6 is 0 Å². The highest BCUT2D eigenvalue weighted by Gasteiger charge is 2.26. The molecular weight excluding hydrogens is 343 g/mol. The highest BCUT2D eigenvalue weighted by Crippen LogP contribution is 2.26. The third-order valence-electron chi connectivity index (χ3n) is 5.34. The molecule has 140 valence electrons. The van der Waals surface area contributed by atoms with E-state index in [0.29, 0.717) is 29.4 Å². The molecule has 0 radical (unpaired) electrons. The number of carbonyl (C=O) groups is 1. The monoisotopic (exact) mass is 366 g/mol. The average Bonchev–Trinajstić information content (AvgIpc) is 3.04. The number of carbonyl (C=O) groups excluding carboxylic acids is 1. The van der Waals surface area contributed by atoms with Crippen LogP contribution in [0.5, 0.6) is 0 Å². The van der Waals surface area contributed by atoms with Crippen LogP contribution in [0.15, 0.2) is 54.7 Å². The molecule has 0 aliphatic heterocycles. The first-order valence-corrected chi connectivity index (χ1v) is 9.43. The van der Waals surface area contributed by atoms with Gasteiger partial charge in [-0.05, 0) is 30.5 Å². The highest BCUT2D eigenvalue weighted by molar-refractivity contribution is 6.07. The van der Waals surface area contributed by atoms with Crippen LogP contribution in [0.2, 0.25) is 0 Å². The minimum atomic E-state index is -0.537. The minimum absolute atomic E-state index is 0.273. The van der Waals surface area contributed by atoms with Gasteiger partial charge in [-0.2, -0.15) is 0 Å². The lowest BCUT2D eigenvalue weighted by Crippen LogP contribution is -2.45. The summed E-state index contributed by atoms with van der Waals surface area (Å²) >= 11 is 0. The molecule has 2 aromatic carbocycles. The van der Waals surface area contributed by atoms with E-state index in [0.717, 1.165) is 24.8 Å². The molecule has 0 bridgehead atoms. The van der Waals surface area contributed by atoms with Crippen LogP contribution in [-0.4, -0.2) is 27.7 Å². The van der Waals surface area contributed by atoms with Crippen molar-refractivity contribution < 1.29 is 14.3 Å². The molecule has 0 spiro atoms. The zero-order chi connectivity index (χ0) is 18.8. The maximum absolute atomic E-state index is 14.6. The molecule has 1 aliphatic carbocycles. The maximum atomic E-state index is 14.6. The molecule has 27 heavy (non-hydrogen) atoms. The quantitative estimate of drug-likeness (QED) is 0.737. The average molecular weight is 366 g/mol. The van der Waals surface area contributed by atoms with Gasteiger partial charge in [-0.3, -0.25) is 4.79 Å². The first kappa shape index (κ1) is 17.7. The van der Waals surface area contributed by atoms with Crippen LogP contribution in [0, 0.1) is 5.82 Å². The number of benzene rings is 2. The molecule has 2 atom stereocenters. The second-order valence-corrected chi connectivity index (χ2v) is 7.22. The van der Waals surface area contributed by atoms with Crippen molar-refractivity contribution in [1.29, 1.82) is 0 Å². The molecule has 0 saturated heterocycles. The largest absolute Gasteiger partial charge is 0.391 e. The molecule has 4 rings (SSSR count). The Kier molecular flexibility index (Phi) is 4.94. The van der Waals surface area contributed by atoms with E-state index in [9.17, 15) is 14.3 Å². The van der Waals surface area contributed by atoms with Crippen LogP contribution in [0.25, 0.3) is 10.9 Å². The van der Waals surface area contributed by atoms with E-state index in [1.807, 2.05) is 41.0 Å². The molecule has 1 aromatic heterocycles. The van der Waals surface area contributed by atoms with Gasteiger partial charge in [-0.15, -0.1) is 0 Å². The smallest absolute Gasteiger partial charge is 0.253 e. The minimum Gasteiger partial charge on any atom is -0.391 e. The third kappa shape index (κ3) is 3.60. The number of fused-ring (bicyclic) bond motifs is 1. The van der Waals surface area contributed by atoms with E-state index in [-0.39, 0.29) is 11.9 Å². The Morgan fingerprint density at radius 1 is 1.11 bits per heavy atom. The summed E-state index contributed by atoms with van der Waals surface area (Å²) in [6.45, 7) is 0.556. The van der Waals surface area contributed by atoms with Crippen LogP contribution < -0.4 is 5.32 Å². The molecule has 1 amide bonds. The van der Waals surface area contributed by atoms with Crippen LogP contribution in [0.4, 0.5) is 4.39 Å². The summed E-state index contributed by atoms with van der Waals surface area (Å²) in [6, 6.07) is 14.5. The number of amides is 1. The fraction of sp³-hybridized carbons (Fsp3) is 0.318. The molecule has 5 heteroatoms. The molecule has 1 heterocycles. The van der Waals surface area contributed by atoms with E-state index < -0.39 is 11.9 Å². The lowest BCUT2D eigenvalue weighted by molar-refractivity contribution is 0.0718. The number of aliphatic hydroxyl groups is 1. The van der Waals surface area contributed by atoms with E-state index in [1.165, 1.54) is 6.07 Å². The van der Waals surface area contributed by atoms with Crippen LogP contribution in [0.1, 0.15) is 41.6 Å². The summed E-state index contributed by atoms with van der Waals surface area (Å²) in [7, 11) is 0. The van der Waals surface area contributed by atoms with E-state index >= 15 is 0 Å². The predicted octanol–water partition coefficient (Wildman–Crippen LogP) is 3.86. The number of aromatic nitrogens is 1. The normalized spacial score (nSPS) is 19.9. The number of hydrogen-bond acceptors (Lipinski definition) is 2. The van der Waals surface area contributed by atoms with Gasteiger partial charge in [0.15, 0.2) is 0 Å². The van der Waals surface area contributed by atoms with Crippen molar-refractivity contribution in [3.63, 3.8) is 0 Å². The van der Waals surface area contributed by atoms with Crippen molar-refractivity contribution in [2.75, 3.05) is 0 Å². The predicted molar refractivity (Wildman–Crippen MR) is 103 cm³/mol. The molecule has 1 fully saturated rings. The summed E-state index contributed by atoms with van der Waals surface area (Å²) < 4.78 is 16.5. The first-order valence-electron chi connectivity index (χ1n) is 9.43. The second-order valence-electron chi connectivity index (χ2n) is 7.22. The van der Waals surface area contributed by atoms with Gasteiger partial charge in [0, 0.05) is 18.1 Å². The second kappa shape index (κ2) is 7.53. The van der Waals surface area contributed by atoms with Gasteiger partial charge in [0.1, 0.15) is 5.82 Å². The van der Waals surface area contributed by atoms with Gasteiger partial charge in [0.05, 0.1) is 23.2 Å². The molecule has 2 N–H and O–H groups in total. The Balaban J connectivity index is 1.68. The molecule has 1 aliphatic rings. The number of nitrogens with one attached hydrogen (secondary N) is 1. The molecule has 3 aromatic rings. The number of halogens is 1. The Morgan fingerprint density at radius 2 is 1.89 bits per heavy atom. The van der Waals surface area contributed by atoms with Gasteiger partial charge in [-0.25, -0.2) is 4.39 Å². The summed E-state index contributed by atoms with van der Waals surface area (Å²) in [5.41, 5.74) is 2.08. The van der Waals surface area contributed by atoms with Crippen molar-refractivity contribution in [3.05, 3.63) is 71.7 Å². The number of nitrogens with zero attached hydrogens (tertiary/aromatic N) is 1. The Labute approximate surface area is 157 Å². The van der Waals surface area contributed by atoms with Gasteiger partial charge in [0.25, 0.3) is 5.91 Å². The zero-order valence-corrected chi connectivity index (χ0v) is 15.1. The standard InChI is InChI=1S/C22H23FN2O2/c23-17-9-6-11-19-21(17)16(14-25(19)13-15-7-2-1-3-8-15)22(27)24-18-10-4-5-12-20(18)26/h1-3,6-9,11,14,18,20,26H,4-5,10,12-13H2,(H,24,27)/t18-,20-/m0/s1. The molecule has 0 unspecified atom stereocenters. The van der Waals surface area contributed by atoms with Gasteiger partial charge >= 0.3 is 0 Å². The fourth-order valence-corrected chi connectivity index (χ4v) is 3.92. The highest BCUT2D eigenvalue weighted by atomic mass is 19.1. The topological polar surface area (TPSA) is 54.3 Å². The lowest BCUT2D eigenvalue weighted by atomic mass is 9.92. The number of hydrogen-bond donors (Lipinski definition) is 2. The first-order chi connectivity index (χ1) is 13.1. The van der Waals surface area contributed by atoms with Crippen molar-refractivity contribution in [2.24, 2.45) is 0 Å². The lowest BCUT2D eigenvalue weighted by Gasteiger charge is -2.28. The Bertz CT molecular complexity index is 952. The number of aliphatic hydroxyl groups excluding tert-OH is 1. The molecular formula is C22H23FN2O2. The maximum Gasteiger partial charge on any atom is 0.253 e. The Hall–Kier alpha value is -2.66. The summed E-state index contributed by atoms with van der Waals surface area (Å²) in [4.78, 5) is 12.9. The summed E-state index contributed by atoms with van der Waals surface area (Å²) in [5.74, 6) is -0.739. The Morgan fingerprint density at radius 3 is 2.67 bits per heavy atom. The van der Waals surface area contributed by atoms with Gasteiger partial charge in [-0.1, -0.05) is 49.2 Å². The number of rotatable bonds is 4. The van der Waals surface area contributed by atoms with Crippen molar-refractivity contribution >= 4 is 16.8 Å². The van der Waals surface area contributed by atoms with Crippen molar-refractivity contribution in [1.82, 2.24) is 9.88 Å². The SMILES string of the molecule is O=C(N[C@H]1CCCC[C@@H]1O)c1cn(Cc2ccccc2)c2cccc(F)c12. The van der Waals surface area contributed by atoms with E-state index in [1.54, 1.807) is 12.3 Å².